The third kappa shape index (κ3) is 4.05. The van der Waals surface area contributed by atoms with Gasteiger partial charge in [0.25, 0.3) is 0 Å². The highest BCUT2D eigenvalue weighted by molar-refractivity contribution is 7.97. The number of para-hydroxylation sites is 1. The molecule has 27 heavy (non-hydrogen) atoms. The van der Waals surface area contributed by atoms with Gasteiger partial charge >= 0.3 is 0 Å². The number of hydrogen-bond donors (Lipinski definition) is 3. The Labute approximate surface area is 157 Å². The van der Waals surface area contributed by atoms with Crippen molar-refractivity contribution in [2.24, 2.45) is 10.3 Å². The highest BCUT2D eigenvalue weighted by Gasteiger charge is 2.22. The van der Waals surface area contributed by atoms with Gasteiger partial charge in [0.05, 0.1) is 9.89 Å². The van der Waals surface area contributed by atoms with E-state index >= 15 is 0 Å². The third-order valence-electron chi connectivity index (χ3n) is 4.15. The Morgan fingerprint density at radius 3 is 2.81 bits per heavy atom. The molecule has 0 saturated carbocycles. The largest absolute Gasteiger partial charge is 0.324 e. The molecule has 1 aliphatic heterocycles. The maximum atomic E-state index is 11.6. The average Bonchev–Trinajstić information content (AvgIpc) is 3.05. The van der Waals surface area contributed by atoms with Crippen molar-refractivity contribution in [2.45, 2.75) is 6.42 Å². The molecule has 0 spiro atoms. The molecule has 0 fully saturated rings. The van der Waals surface area contributed by atoms with Crippen LogP contribution in [0.25, 0.3) is 0 Å². The van der Waals surface area contributed by atoms with E-state index in [1.54, 1.807) is 18.2 Å². The summed E-state index contributed by atoms with van der Waals surface area (Å²) in [4.78, 5) is 15.1. The Morgan fingerprint density at radius 2 is 1.96 bits per heavy atom. The number of anilines is 4. The first kappa shape index (κ1) is 17.4. The predicted molar refractivity (Wildman–Crippen MR) is 108 cm³/mol. The third-order valence-corrected chi connectivity index (χ3v) is 4.79. The van der Waals surface area contributed by atoms with E-state index in [-0.39, 0.29) is 0 Å². The molecule has 0 atom stereocenters. The van der Waals surface area contributed by atoms with Crippen LogP contribution in [0.5, 0.6) is 0 Å². The predicted octanol–water partition coefficient (Wildman–Crippen LogP) is 1.49. The van der Waals surface area contributed by atoms with E-state index in [4.69, 9.17) is 10.3 Å². The van der Waals surface area contributed by atoms with Crippen molar-refractivity contribution in [1.82, 2.24) is 15.0 Å². The van der Waals surface area contributed by atoms with E-state index in [1.165, 1.54) is 17.3 Å². The van der Waals surface area contributed by atoms with Crippen molar-refractivity contribution < 1.29 is 4.21 Å². The second kappa shape index (κ2) is 6.95. The van der Waals surface area contributed by atoms with Gasteiger partial charge in [-0.15, -0.1) is 0 Å². The minimum atomic E-state index is -2.96. The van der Waals surface area contributed by atoms with Crippen molar-refractivity contribution >= 4 is 38.5 Å². The molecule has 8 nitrogen and oxygen atoms in total. The zero-order valence-corrected chi connectivity index (χ0v) is 15.3. The molecule has 3 aromatic rings. The van der Waals surface area contributed by atoms with Crippen molar-refractivity contribution in [1.29, 1.82) is 0 Å². The van der Waals surface area contributed by atoms with Gasteiger partial charge in [0, 0.05) is 23.3 Å². The van der Waals surface area contributed by atoms with Gasteiger partial charge in [0.2, 0.25) is 11.9 Å². The summed E-state index contributed by atoms with van der Waals surface area (Å²) in [6, 6.07) is 15.4. The van der Waals surface area contributed by atoms with Crippen LogP contribution in [0.15, 0.2) is 54.9 Å². The lowest BCUT2D eigenvalue weighted by atomic mass is 10.2. The van der Waals surface area contributed by atoms with Crippen LogP contribution in [0.4, 0.5) is 23.3 Å². The average molecular weight is 381 g/mol. The van der Waals surface area contributed by atoms with Gasteiger partial charge in [-0.25, -0.2) is 24.5 Å². The molecule has 0 unspecified atom stereocenters. The van der Waals surface area contributed by atoms with Crippen molar-refractivity contribution in [3.63, 3.8) is 0 Å². The lowest BCUT2D eigenvalue weighted by Crippen LogP contribution is -2.25. The molecule has 9 heteroatoms. The van der Waals surface area contributed by atoms with Crippen LogP contribution in [-0.4, -0.2) is 31.1 Å². The van der Waals surface area contributed by atoms with Gasteiger partial charge < -0.3 is 10.2 Å². The van der Waals surface area contributed by atoms with Crippen LogP contribution >= 0.6 is 0 Å². The topological polar surface area (TPSA) is 123 Å². The van der Waals surface area contributed by atoms with Gasteiger partial charge in [0.15, 0.2) is 0 Å². The van der Waals surface area contributed by atoms with E-state index in [1.807, 2.05) is 18.2 Å². The molecule has 1 aliphatic rings. The molecular weight excluding hydrogens is 362 g/mol. The van der Waals surface area contributed by atoms with Gasteiger partial charge in [-0.05, 0) is 35.7 Å². The Bertz CT molecular complexity index is 1100. The minimum Gasteiger partial charge on any atom is -0.324 e. The number of fused-ring (bicyclic) bond motifs is 1. The standard InChI is InChI=1S/C18H19N7OS/c19-27(20,26)11-13-4-3-6-15(10-13)23-17-21-12-22-18(24-17)25-9-8-14-5-1-2-7-16(14)25/h1-7,10-12H,8-9H2,(H4,19,20,26)(H,21,22,23,24). The van der Waals surface area contributed by atoms with Crippen LogP contribution < -0.4 is 20.5 Å². The van der Waals surface area contributed by atoms with E-state index < -0.39 is 9.89 Å². The van der Waals surface area contributed by atoms with Gasteiger partial charge in [-0.3, -0.25) is 0 Å². The number of aromatic nitrogens is 3. The molecule has 0 aliphatic carbocycles. The minimum absolute atomic E-state index is 0.419. The van der Waals surface area contributed by atoms with Crippen molar-refractivity contribution in [2.75, 3.05) is 16.8 Å². The molecule has 2 heterocycles. The Hall–Kier alpha value is -3.01. The van der Waals surface area contributed by atoms with Gasteiger partial charge in [0.1, 0.15) is 6.33 Å². The van der Waals surface area contributed by atoms with Crippen molar-refractivity contribution in [3.8, 4) is 0 Å². The molecule has 1 aromatic heterocycles. The van der Waals surface area contributed by atoms with E-state index in [2.05, 4.69) is 37.3 Å². The first-order valence-electron chi connectivity index (χ1n) is 8.34. The van der Waals surface area contributed by atoms with E-state index in [0.29, 0.717) is 17.5 Å². The smallest absolute Gasteiger partial charge is 0.234 e. The fraction of sp³-hybridized carbons (Fsp3) is 0.111. The molecule has 0 radical (unpaired) electrons. The number of nitrogens with two attached hydrogens (primary N) is 2. The van der Waals surface area contributed by atoms with Crippen LogP contribution in [0.1, 0.15) is 11.1 Å². The quantitative estimate of drug-likeness (QED) is 0.589. The summed E-state index contributed by atoms with van der Waals surface area (Å²) in [7, 11) is -2.96. The summed E-state index contributed by atoms with van der Waals surface area (Å²) in [5.74, 6) is 1.01. The van der Waals surface area contributed by atoms with Gasteiger partial charge in [-0.1, -0.05) is 30.3 Å². The highest BCUT2D eigenvalue weighted by Crippen LogP contribution is 2.32. The molecule has 0 bridgehead atoms. The van der Waals surface area contributed by atoms with Crippen LogP contribution in [0.3, 0.4) is 0 Å². The normalized spacial score (nSPS) is 13.3. The summed E-state index contributed by atoms with van der Waals surface area (Å²) in [5, 5.41) is 15.2. The maximum Gasteiger partial charge on any atom is 0.234 e. The lowest BCUT2D eigenvalue weighted by Gasteiger charge is -2.17. The number of nitrogens with zero attached hydrogens (tertiary/aromatic N) is 4. The van der Waals surface area contributed by atoms with E-state index in [0.717, 1.165) is 24.3 Å². The van der Waals surface area contributed by atoms with Gasteiger partial charge in [-0.2, -0.15) is 4.98 Å². The summed E-state index contributed by atoms with van der Waals surface area (Å²) in [6.07, 6.45) is 2.44. The molecule has 4 rings (SSSR count). The Kier molecular flexibility index (Phi) is 4.48. The molecule has 5 N–H and O–H groups in total. The zero-order chi connectivity index (χ0) is 18.9. The fourth-order valence-corrected chi connectivity index (χ4v) is 3.63. The summed E-state index contributed by atoms with van der Waals surface area (Å²) in [5.41, 5.74) is 3.78. The first-order chi connectivity index (χ1) is 13.0. The maximum absolute atomic E-state index is 11.6. The van der Waals surface area contributed by atoms with Crippen LogP contribution in [0, 0.1) is 0 Å². The number of nitrogens with one attached hydrogen (secondary N) is 1. The Morgan fingerprint density at radius 1 is 1.11 bits per heavy atom. The SMILES string of the molecule is NS(N)(=O)=Cc1cccc(Nc2ncnc(N3CCc4ccccc43)n2)c1. The summed E-state index contributed by atoms with van der Waals surface area (Å²) >= 11 is 0. The Balaban J connectivity index is 1.60. The second-order valence-electron chi connectivity index (χ2n) is 6.20. The second-order valence-corrected chi connectivity index (χ2v) is 7.83. The summed E-state index contributed by atoms with van der Waals surface area (Å²) < 4.78 is 11.6. The fourth-order valence-electron chi connectivity index (χ4n) is 3.06. The summed E-state index contributed by atoms with van der Waals surface area (Å²) in [6.45, 7) is 0.828. The zero-order valence-electron chi connectivity index (χ0n) is 14.4. The lowest BCUT2D eigenvalue weighted by molar-refractivity contribution is 0.683. The van der Waals surface area contributed by atoms with Crippen LogP contribution in [0.2, 0.25) is 0 Å². The number of hydrogen-bond acceptors (Lipinski definition) is 6. The van der Waals surface area contributed by atoms with Crippen molar-refractivity contribution in [3.05, 3.63) is 66.0 Å². The molecule has 0 amide bonds. The molecule has 138 valence electrons. The monoisotopic (exact) mass is 381 g/mol. The molecular formula is C18H19N7OS. The highest BCUT2D eigenvalue weighted by atomic mass is 32.2. The number of rotatable bonds is 4. The van der Waals surface area contributed by atoms with E-state index in [9.17, 15) is 4.21 Å². The number of benzene rings is 2. The molecule has 0 saturated heterocycles. The van der Waals surface area contributed by atoms with Crippen LogP contribution in [-0.2, 0) is 16.3 Å². The molecule has 2 aromatic carbocycles. The first-order valence-corrected chi connectivity index (χ1v) is 10.1.